The normalized spacial score (nSPS) is 11.1. The molecule has 0 atom stereocenters. The average molecular weight is 287 g/mol. The van der Waals surface area contributed by atoms with Crippen molar-refractivity contribution in [2.24, 2.45) is 0 Å². The summed E-state index contributed by atoms with van der Waals surface area (Å²) in [4.78, 5) is 13.3. The molecule has 0 heterocycles. The van der Waals surface area contributed by atoms with E-state index in [0.29, 0.717) is 0 Å². The molecule has 6 nitrogen and oxygen atoms in total. The number of ether oxygens (including phenoxy) is 1. The smallest absolute Gasteiger partial charge is 0.257 e. The number of carbonyl (C=O) groups is 1. The van der Waals surface area contributed by atoms with Crippen molar-refractivity contribution >= 4 is 15.7 Å². The highest BCUT2D eigenvalue weighted by Crippen LogP contribution is 2.29. The SMILES string of the molecule is COc1cccc(C(=O)N(C)CCS(C)(=O)=O)c1O. The molecule has 106 valence electrons. The molecule has 1 amide bonds. The lowest BCUT2D eigenvalue weighted by Crippen LogP contribution is -2.31. The largest absolute Gasteiger partial charge is 0.504 e. The summed E-state index contributed by atoms with van der Waals surface area (Å²) in [6.45, 7) is 0.0638. The van der Waals surface area contributed by atoms with Crippen molar-refractivity contribution in [3.05, 3.63) is 23.8 Å². The Morgan fingerprint density at radius 2 is 2.05 bits per heavy atom. The first kappa shape index (κ1) is 15.3. The van der Waals surface area contributed by atoms with Gasteiger partial charge >= 0.3 is 0 Å². The van der Waals surface area contributed by atoms with Crippen LogP contribution >= 0.6 is 0 Å². The van der Waals surface area contributed by atoms with Crippen molar-refractivity contribution in [2.75, 3.05) is 32.7 Å². The zero-order valence-electron chi connectivity index (χ0n) is 11.1. The van der Waals surface area contributed by atoms with Crippen molar-refractivity contribution in [1.29, 1.82) is 0 Å². The molecule has 0 radical (unpaired) electrons. The number of para-hydroxylation sites is 1. The molecule has 0 saturated carbocycles. The van der Waals surface area contributed by atoms with Gasteiger partial charge in [-0.2, -0.15) is 0 Å². The fourth-order valence-corrected chi connectivity index (χ4v) is 2.08. The van der Waals surface area contributed by atoms with Gasteiger partial charge in [-0.1, -0.05) is 6.07 Å². The van der Waals surface area contributed by atoms with Crippen LogP contribution in [0.25, 0.3) is 0 Å². The van der Waals surface area contributed by atoms with Gasteiger partial charge in [-0.15, -0.1) is 0 Å². The number of hydrogen-bond donors (Lipinski definition) is 1. The second-order valence-corrected chi connectivity index (χ2v) is 6.47. The molecule has 1 aromatic carbocycles. The van der Waals surface area contributed by atoms with E-state index in [1.807, 2.05) is 0 Å². The number of hydrogen-bond acceptors (Lipinski definition) is 5. The predicted molar refractivity (Wildman–Crippen MR) is 71.3 cm³/mol. The lowest BCUT2D eigenvalue weighted by molar-refractivity contribution is 0.0800. The molecule has 0 saturated heterocycles. The Balaban J connectivity index is 2.88. The van der Waals surface area contributed by atoms with Gasteiger partial charge in [0, 0.05) is 19.8 Å². The van der Waals surface area contributed by atoms with Crippen molar-refractivity contribution in [3.8, 4) is 11.5 Å². The zero-order chi connectivity index (χ0) is 14.6. The van der Waals surface area contributed by atoms with Gasteiger partial charge in [0.05, 0.1) is 18.4 Å². The quantitative estimate of drug-likeness (QED) is 0.853. The van der Waals surface area contributed by atoms with E-state index in [1.165, 1.54) is 31.2 Å². The third kappa shape index (κ3) is 4.13. The molecule has 0 aromatic heterocycles. The Labute approximate surface area is 112 Å². The van der Waals surface area contributed by atoms with Crippen LogP contribution in [0, 0.1) is 0 Å². The monoisotopic (exact) mass is 287 g/mol. The van der Waals surface area contributed by atoms with E-state index < -0.39 is 15.7 Å². The van der Waals surface area contributed by atoms with Crippen LogP contribution in [-0.4, -0.2) is 57.0 Å². The van der Waals surface area contributed by atoms with Gasteiger partial charge in [0.15, 0.2) is 11.5 Å². The molecule has 19 heavy (non-hydrogen) atoms. The maximum atomic E-state index is 12.1. The number of benzene rings is 1. The molecule has 0 spiro atoms. The number of nitrogens with zero attached hydrogens (tertiary/aromatic N) is 1. The van der Waals surface area contributed by atoms with Crippen molar-refractivity contribution in [1.82, 2.24) is 4.90 Å². The van der Waals surface area contributed by atoms with Crippen molar-refractivity contribution in [3.63, 3.8) is 0 Å². The fraction of sp³-hybridized carbons (Fsp3) is 0.417. The number of phenolic OH excluding ortho intramolecular Hbond substituents is 1. The molecule has 0 unspecified atom stereocenters. The first-order valence-corrected chi connectivity index (χ1v) is 7.61. The molecule has 1 rings (SSSR count). The van der Waals surface area contributed by atoms with Crippen molar-refractivity contribution in [2.45, 2.75) is 0 Å². The highest BCUT2D eigenvalue weighted by Gasteiger charge is 2.19. The molecule has 0 aliphatic heterocycles. The number of aromatic hydroxyl groups is 1. The highest BCUT2D eigenvalue weighted by molar-refractivity contribution is 7.90. The van der Waals surface area contributed by atoms with E-state index in [1.54, 1.807) is 6.07 Å². The van der Waals surface area contributed by atoms with E-state index in [0.717, 1.165) is 6.26 Å². The molecule has 1 aromatic rings. The summed E-state index contributed by atoms with van der Waals surface area (Å²) in [6.07, 6.45) is 1.11. The Morgan fingerprint density at radius 3 is 2.58 bits per heavy atom. The second-order valence-electron chi connectivity index (χ2n) is 4.21. The maximum Gasteiger partial charge on any atom is 0.257 e. The number of sulfone groups is 1. The van der Waals surface area contributed by atoms with Gasteiger partial charge in [-0.25, -0.2) is 8.42 Å². The third-order valence-electron chi connectivity index (χ3n) is 2.59. The van der Waals surface area contributed by atoms with E-state index >= 15 is 0 Å². The first-order chi connectivity index (χ1) is 8.76. The topological polar surface area (TPSA) is 83.9 Å². The van der Waals surface area contributed by atoms with Crippen LogP contribution in [-0.2, 0) is 9.84 Å². The summed E-state index contributed by atoms with van der Waals surface area (Å²) < 4.78 is 27.0. The first-order valence-electron chi connectivity index (χ1n) is 5.55. The predicted octanol–water partition coefficient (Wildman–Crippen LogP) is 0.517. The lowest BCUT2D eigenvalue weighted by Gasteiger charge is -2.17. The second kappa shape index (κ2) is 5.92. The summed E-state index contributed by atoms with van der Waals surface area (Å²) in [5.74, 6) is -0.636. The van der Waals surface area contributed by atoms with Gasteiger partial charge in [0.2, 0.25) is 0 Å². The standard InChI is InChI=1S/C12H17NO5S/c1-13(7-8-19(3,16)17)12(15)9-5-4-6-10(18-2)11(9)14/h4-6,14H,7-8H2,1-3H3. The average Bonchev–Trinajstić information content (AvgIpc) is 2.34. The Morgan fingerprint density at radius 1 is 1.42 bits per heavy atom. The van der Waals surface area contributed by atoms with Gasteiger partial charge in [0.1, 0.15) is 9.84 Å². The maximum absolute atomic E-state index is 12.1. The van der Waals surface area contributed by atoms with Crippen LogP contribution in [0.4, 0.5) is 0 Å². The molecule has 0 bridgehead atoms. The third-order valence-corrected chi connectivity index (χ3v) is 3.52. The number of methoxy groups -OCH3 is 1. The lowest BCUT2D eigenvalue weighted by atomic mass is 10.1. The Bertz CT molecular complexity index is 567. The molecule has 0 fully saturated rings. The van der Waals surface area contributed by atoms with Crippen LogP contribution < -0.4 is 4.74 Å². The van der Waals surface area contributed by atoms with E-state index in [2.05, 4.69) is 0 Å². The zero-order valence-corrected chi connectivity index (χ0v) is 11.9. The summed E-state index contributed by atoms with van der Waals surface area (Å²) >= 11 is 0. The van der Waals surface area contributed by atoms with Crippen LogP contribution in [0.15, 0.2) is 18.2 Å². The molecular formula is C12H17NO5S. The minimum absolute atomic E-state index is 0.0638. The molecular weight excluding hydrogens is 270 g/mol. The van der Waals surface area contributed by atoms with Gasteiger partial charge in [0.25, 0.3) is 5.91 Å². The van der Waals surface area contributed by atoms with E-state index in [-0.39, 0.29) is 29.4 Å². The number of rotatable bonds is 5. The Hall–Kier alpha value is -1.76. The van der Waals surface area contributed by atoms with Crippen LogP contribution in [0.5, 0.6) is 11.5 Å². The van der Waals surface area contributed by atoms with Gasteiger partial charge < -0.3 is 14.7 Å². The Kier molecular flexibility index (Phi) is 4.77. The number of carbonyl (C=O) groups excluding carboxylic acids is 1. The minimum atomic E-state index is -3.14. The highest BCUT2D eigenvalue weighted by atomic mass is 32.2. The summed E-state index contributed by atoms with van der Waals surface area (Å²) in [5, 5.41) is 9.85. The van der Waals surface area contributed by atoms with Gasteiger partial charge in [-0.05, 0) is 12.1 Å². The van der Waals surface area contributed by atoms with Gasteiger partial charge in [-0.3, -0.25) is 4.79 Å². The number of phenols is 1. The summed E-state index contributed by atoms with van der Waals surface area (Å²) in [5.41, 5.74) is 0.0790. The van der Waals surface area contributed by atoms with E-state index in [4.69, 9.17) is 4.74 Å². The van der Waals surface area contributed by atoms with E-state index in [9.17, 15) is 18.3 Å². The number of amides is 1. The van der Waals surface area contributed by atoms with Crippen LogP contribution in [0.3, 0.4) is 0 Å². The van der Waals surface area contributed by atoms with Crippen LogP contribution in [0.1, 0.15) is 10.4 Å². The fourth-order valence-electron chi connectivity index (χ4n) is 1.47. The van der Waals surface area contributed by atoms with Crippen molar-refractivity contribution < 1.29 is 23.1 Å². The molecule has 7 heteroatoms. The summed E-state index contributed by atoms with van der Waals surface area (Å²) in [6, 6.07) is 4.57. The summed E-state index contributed by atoms with van der Waals surface area (Å²) in [7, 11) is -0.275. The molecule has 1 N–H and O–H groups in total. The minimum Gasteiger partial charge on any atom is -0.504 e. The molecule has 0 aliphatic carbocycles. The molecule has 0 aliphatic rings. The van der Waals surface area contributed by atoms with Crippen LogP contribution in [0.2, 0.25) is 0 Å².